The van der Waals surface area contributed by atoms with Crippen LogP contribution in [0, 0.1) is 25.2 Å². The first-order valence-corrected chi connectivity index (χ1v) is 6.86. The lowest BCUT2D eigenvalue weighted by Gasteiger charge is -2.13. The third-order valence-corrected chi connectivity index (χ3v) is 3.35. The van der Waals surface area contributed by atoms with Gasteiger partial charge in [-0.2, -0.15) is 5.26 Å². The Kier molecular flexibility index (Phi) is 4.79. The average Bonchev–Trinajstić information content (AvgIpc) is 2.45. The van der Waals surface area contributed by atoms with Gasteiger partial charge in [0.25, 0.3) is 0 Å². The first-order chi connectivity index (χ1) is 9.69. The summed E-state index contributed by atoms with van der Waals surface area (Å²) in [5.74, 6) is 0.765. The molecule has 0 radical (unpaired) electrons. The molecule has 2 aromatic rings. The Hall–Kier alpha value is -2.27. The van der Waals surface area contributed by atoms with E-state index in [4.69, 9.17) is 4.74 Å². The van der Waals surface area contributed by atoms with Crippen molar-refractivity contribution in [2.75, 3.05) is 0 Å². The number of ether oxygens (including phenoxy) is 1. The van der Waals surface area contributed by atoms with Crippen molar-refractivity contribution in [3.8, 4) is 11.8 Å². The van der Waals surface area contributed by atoms with Crippen LogP contribution in [0.5, 0.6) is 5.75 Å². The van der Waals surface area contributed by atoms with Gasteiger partial charge in [-0.15, -0.1) is 0 Å². The molecule has 0 aliphatic rings. The maximum Gasteiger partial charge on any atom is 0.184 e. The van der Waals surface area contributed by atoms with Gasteiger partial charge in [0.15, 0.2) is 6.10 Å². The second-order valence-electron chi connectivity index (χ2n) is 5.02. The van der Waals surface area contributed by atoms with Crippen LogP contribution >= 0.6 is 0 Å². The molecule has 2 nitrogen and oxygen atoms in total. The molecule has 0 fully saturated rings. The van der Waals surface area contributed by atoms with E-state index in [1.807, 2.05) is 43.3 Å². The summed E-state index contributed by atoms with van der Waals surface area (Å²) in [5.41, 5.74) is 3.68. The molecule has 1 atom stereocenters. The first-order valence-electron chi connectivity index (χ1n) is 6.86. The van der Waals surface area contributed by atoms with Gasteiger partial charge in [0.05, 0.1) is 0 Å². The van der Waals surface area contributed by atoms with E-state index < -0.39 is 6.10 Å². The number of rotatable bonds is 5. The smallest absolute Gasteiger partial charge is 0.184 e. The van der Waals surface area contributed by atoms with Gasteiger partial charge in [-0.05, 0) is 49.1 Å². The van der Waals surface area contributed by atoms with E-state index in [9.17, 15) is 5.26 Å². The predicted octanol–water partition coefficient (Wildman–Crippen LogP) is 4.21. The molecule has 0 aliphatic heterocycles. The highest BCUT2D eigenvalue weighted by Gasteiger charge is 2.10. The van der Waals surface area contributed by atoms with Gasteiger partial charge in [0.1, 0.15) is 11.8 Å². The molecule has 0 N–H and O–H groups in total. The zero-order valence-electron chi connectivity index (χ0n) is 12.0. The number of hydrogen-bond acceptors (Lipinski definition) is 2. The quantitative estimate of drug-likeness (QED) is 0.811. The van der Waals surface area contributed by atoms with Gasteiger partial charge < -0.3 is 4.74 Å². The van der Waals surface area contributed by atoms with Crippen LogP contribution in [0.4, 0.5) is 0 Å². The third kappa shape index (κ3) is 3.86. The van der Waals surface area contributed by atoms with Gasteiger partial charge in [-0.25, -0.2) is 0 Å². The molecule has 0 aromatic heterocycles. The number of benzene rings is 2. The molecule has 0 saturated carbocycles. The molecule has 2 rings (SSSR count). The van der Waals surface area contributed by atoms with E-state index >= 15 is 0 Å². The van der Waals surface area contributed by atoms with Crippen LogP contribution in [-0.4, -0.2) is 6.10 Å². The normalized spacial score (nSPS) is 11.7. The summed E-state index contributed by atoms with van der Waals surface area (Å²) in [6.07, 6.45) is 1.16. The van der Waals surface area contributed by atoms with E-state index in [2.05, 4.69) is 25.1 Å². The van der Waals surface area contributed by atoms with Crippen LogP contribution in [0.1, 0.15) is 23.1 Å². The van der Waals surface area contributed by atoms with Crippen LogP contribution in [0.15, 0.2) is 48.5 Å². The molecule has 0 aliphatic carbocycles. The lowest BCUT2D eigenvalue weighted by atomic mass is 10.0. The zero-order valence-corrected chi connectivity index (χ0v) is 12.0. The maximum absolute atomic E-state index is 9.23. The summed E-state index contributed by atoms with van der Waals surface area (Å²) < 4.78 is 5.74. The summed E-state index contributed by atoms with van der Waals surface area (Å²) in [5, 5.41) is 9.23. The Morgan fingerprint density at radius 1 is 1.10 bits per heavy atom. The first kappa shape index (κ1) is 14.1. The molecule has 2 aromatic carbocycles. The molecule has 0 heterocycles. The van der Waals surface area contributed by atoms with E-state index in [0.29, 0.717) is 6.42 Å². The van der Waals surface area contributed by atoms with Gasteiger partial charge >= 0.3 is 0 Å². The van der Waals surface area contributed by atoms with Gasteiger partial charge in [0, 0.05) is 6.42 Å². The molecule has 0 spiro atoms. The zero-order chi connectivity index (χ0) is 14.4. The second-order valence-corrected chi connectivity index (χ2v) is 5.02. The van der Waals surface area contributed by atoms with Gasteiger partial charge in [-0.3, -0.25) is 0 Å². The molecular weight excluding hydrogens is 246 g/mol. The number of nitrogens with zero attached hydrogens (tertiary/aromatic N) is 1. The Balaban J connectivity index is 1.97. The minimum Gasteiger partial charge on any atom is -0.476 e. The van der Waals surface area contributed by atoms with Crippen LogP contribution < -0.4 is 4.74 Å². The Labute approximate surface area is 120 Å². The fraction of sp³-hybridized carbons (Fsp3) is 0.278. The lowest BCUT2D eigenvalue weighted by Crippen LogP contribution is -2.15. The Morgan fingerprint density at radius 3 is 2.60 bits per heavy atom. The minimum absolute atomic E-state index is 0.406. The van der Waals surface area contributed by atoms with Gasteiger partial charge in [-0.1, -0.05) is 36.4 Å². The third-order valence-electron chi connectivity index (χ3n) is 3.35. The van der Waals surface area contributed by atoms with Crippen molar-refractivity contribution < 1.29 is 4.74 Å². The Morgan fingerprint density at radius 2 is 1.90 bits per heavy atom. The van der Waals surface area contributed by atoms with Gasteiger partial charge in [0.2, 0.25) is 0 Å². The largest absolute Gasteiger partial charge is 0.476 e. The Bertz CT molecular complexity index is 613. The van der Waals surface area contributed by atoms with Crippen LogP contribution in [0.2, 0.25) is 0 Å². The van der Waals surface area contributed by atoms with Crippen molar-refractivity contribution in [2.45, 2.75) is 32.8 Å². The highest BCUT2D eigenvalue weighted by Crippen LogP contribution is 2.17. The summed E-state index contributed by atoms with van der Waals surface area (Å²) in [7, 11) is 0. The summed E-state index contributed by atoms with van der Waals surface area (Å²) in [4.78, 5) is 0. The standard InChI is InChI=1S/C18H19NO/c1-14-6-5-9-17(12-14)20-18(13-19)11-10-16-8-4-3-7-15(16)2/h3-9,12,18H,10-11H2,1-2H3. The highest BCUT2D eigenvalue weighted by atomic mass is 16.5. The second kappa shape index (κ2) is 6.77. The van der Waals surface area contributed by atoms with E-state index in [1.54, 1.807) is 0 Å². The fourth-order valence-electron chi connectivity index (χ4n) is 2.18. The summed E-state index contributed by atoms with van der Waals surface area (Å²) in [6.45, 7) is 4.11. The highest BCUT2D eigenvalue weighted by molar-refractivity contribution is 5.28. The van der Waals surface area contributed by atoms with E-state index in [1.165, 1.54) is 11.1 Å². The molecule has 2 heteroatoms. The average molecular weight is 265 g/mol. The number of hydrogen-bond donors (Lipinski definition) is 0. The van der Waals surface area contributed by atoms with Crippen molar-refractivity contribution >= 4 is 0 Å². The monoisotopic (exact) mass is 265 g/mol. The van der Waals surface area contributed by atoms with E-state index in [0.717, 1.165) is 17.7 Å². The van der Waals surface area contributed by atoms with E-state index in [-0.39, 0.29) is 0 Å². The SMILES string of the molecule is Cc1cccc(OC(C#N)CCc2ccccc2C)c1. The maximum atomic E-state index is 9.23. The molecule has 0 saturated heterocycles. The van der Waals surface area contributed by atoms with Crippen molar-refractivity contribution in [2.24, 2.45) is 0 Å². The lowest BCUT2D eigenvalue weighted by molar-refractivity contribution is 0.245. The molecule has 0 bridgehead atoms. The minimum atomic E-state index is -0.406. The van der Waals surface area contributed by atoms with Crippen molar-refractivity contribution in [3.63, 3.8) is 0 Å². The molecule has 20 heavy (non-hydrogen) atoms. The van der Waals surface area contributed by atoms with Crippen LogP contribution in [-0.2, 0) is 6.42 Å². The van der Waals surface area contributed by atoms with Crippen LogP contribution in [0.25, 0.3) is 0 Å². The van der Waals surface area contributed by atoms with Crippen molar-refractivity contribution in [1.82, 2.24) is 0 Å². The fourth-order valence-corrected chi connectivity index (χ4v) is 2.18. The van der Waals surface area contributed by atoms with Crippen molar-refractivity contribution in [3.05, 3.63) is 65.2 Å². The number of aryl methyl sites for hydroxylation is 3. The molecule has 102 valence electrons. The summed E-state index contributed by atoms with van der Waals surface area (Å²) in [6, 6.07) is 18.3. The molecular formula is C18H19NO. The van der Waals surface area contributed by atoms with Crippen molar-refractivity contribution in [1.29, 1.82) is 5.26 Å². The number of nitriles is 1. The predicted molar refractivity (Wildman–Crippen MR) is 80.7 cm³/mol. The topological polar surface area (TPSA) is 33.0 Å². The molecule has 0 amide bonds. The van der Waals surface area contributed by atoms with Crippen LogP contribution in [0.3, 0.4) is 0 Å². The molecule has 1 unspecified atom stereocenters. The summed E-state index contributed by atoms with van der Waals surface area (Å²) >= 11 is 0.